The molecule has 0 bridgehead atoms. The van der Waals surface area contributed by atoms with Gasteiger partial charge in [-0.25, -0.2) is 4.98 Å². The summed E-state index contributed by atoms with van der Waals surface area (Å²) in [6.07, 6.45) is -4.63. The number of hydrogen-bond donors (Lipinski definition) is 2. The molecule has 1 aromatic heterocycles. The van der Waals surface area contributed by atoms with Crippen LogP contribution >= 0.6 is 0 Å². The molecular formula is C15H17F3N6O2. The second-order valence-corrected chi connectivity index (χ2v) is 5.62. The molecule has 0 saturated carbocycles. The first-order valence-corrected chi connectivity index (χ1v) is 7.51. The number of aromatic nitrogens is 2. The van der Waals surface area contributed by atoms with Crippen molar-refractivity contribution in [2.75, 3.05) is 37.8 Å². The molecule has 2 rings (SSSR count). The summed E-state index contributed by atoms with van der Waals surface area (Å²) in [7, 11) is 3.66. The van der Waals surface area contributed by atoms with E-state index in [4.69, 9.17) is 0 Å². The van der Waals surface area contributed by atoms with E-state index >= 15 is 0 Å². The highest BCUT2D eigenvalue weighted by Crippen LogP contribution is 2.30. The zero-order valence-electron chi connectivity index (χ0n) is 14.0. The SMILES string of the molecule is CN(C)CCNc1nc(Nc2ccc([N+](=O)[O-])cc2)cc(C(F)(F)F)n1. The van der Waals surface area contributed by atoms with Gasteiger partial charge in [0.1, 0.15) is 5.82 Å². The van der Waals surface area contributed by atoms with E-state index in [1.807, 2.05) is 19.0 Å². The smallest absolute Gasteiger partial charge is 0.353 e. The van der Waals surface area contributed by atoms with Gasteiger partial charge in [0.05, 0.1) is 4.92 Å². The maximum Gasteiger partial charge on any atom is 0.433 e. The zero-order valence-corrected chi connectivity index (χ0v) is 14.0. The largest absolute Gasteiger partial charge is 0.433 e. The van der Waals surface area contributed by atoms with E-state index < -0.39 is 16.8 Å². The van der Waals surface area contributed by atoms with Crippen molar-refractivity contribution in [3.63, 3.8) is 0 Å². The van der Waals surface area contributed by atoms with E-state index in [1.165, 1.54) is 24.3 Å². The van der Waals surface area contributed by atoms with Crippen molar-refractivity contribution in [3.8, 4) is 0 Å². The molecule has 0 aliphatic heterocycles. The lowest BCUT2D eigenvalue weighted by molar-refractivity contribution is -0.384. The molecule has 26 heavy (non-hydrogen) atoms. The summed E-state index contributed by atoms with van der Waals surface area (Å²) in [4.78, 5) is 19.4. The zero-order chi connectivity index (χ0) is 19.3. The molecule has 11 heteroatoms. The van der Waals surface area contributed by atoms with Gasteiger partial charge in [-0.15, -0.1) is 0 Å². The van der Waals surface area contributed by atoms with E-state index in [1.54, 1.807) is 0 Å². The first kappa shape index (κ1) is 19.4. The third-order valence-corrected chi connectivity index (χ3v) is 3.21. The molecular weight excluding hydrogens is 353 g/mol. The van der Waals surface area contributed by atoms with Crippen LogP contribution in [0.1, 0.15) is 5.69 Å². The second kappa shape index (κ2) is 7.95. The van der Waals surface area contributed by atoms with Gasteiger partial charge in [-0.2, -0.15) is 18.2 Å². The van der Waals surface area contributed by atoms with E-state index in [0.717, 1.165) is 6.07 Å². The van der Waals surface area contributed by atoms with Crippen molar-refractivity contribution < 1.29 is 18.1 Å². The van der Waals surface area contributed by atoms with Crippen LogP contribution in [0.4, 0.5) is 36.3 Å². The summed E-state index contributed by atoms with van der Waals surface area (Å²) in [6.45, 7) is 0.954. The molecule has 2 N–H and O–H groups in total. The normalized spacial score (nSPS) is 11.5. The Hall–Kier alpha value is -2.95. The monoisotopic (exact) mass is 370 g/mol. The first-order chi connectivity index (χ1) is 12.1. The minimum absolute atomic E-state index is 0.0754. The molecule has 140 valence electrons. The molecule has 0 saturated heterocycles. The number of hydrogen-bond acceptors (Lipinski definition) is 7. The van der Waals surface area contributed by atoms with Crippen LogP contribution in [0.3, 0.4) is 0 Å². The van der Waals surface area contributed by atoms with E-state index in [2.05, 4.69) is 20.6 Å². The molecule has 8 nitrogen and oxygen atoms in total. The van der Waals surface area contributed by atoms with E-state index in [9.17, 15) is 23.3 Å². The van der Waals surface area contributed by atoms with Gasteiger partial charge in [0.2, 0.25) is 5.95 Å². The maximum atomic E-state index is 13.0. The fourth-order valence-corrected chi connectivity index (χ4v) is 1.94. The third-order valence-electron chi connectivity index (χ3n) is 3.21. The number of nitro benzene ring substituents is 1. The Balaban J connectivity index is 2.23. The molecule has 2 aromatic rings. The van der Waals surface area contributed by atoms with Crippen LogP contribution in [0.2, 0.25) is 0 Å². The Bertz CT molecular complexity index is 765. The van der Waals surface area contributed by atoms with Crippen molar-refractivity contribution in [1.29, 1.82) is 0 Å². The molecule has 0 amide bonds. The van der Waals surface area contributed by atoms with Crippen LogP contribution < -0.4 is 10.6 Å². The lowest BCUT2D eigenvalue weighted by Gasteiger charge is -2.14. The Kier molecular flexibility index (Phi) is 5.93. The molecule has 0 atom stereocenters. The van der Waals surface area contributed by atoms with Gasteiger partial charge in [-0.1, -0.05) is 0 Å². The molecule has 0 fully saturated rings. The molecule has 1 aromatic carbocycles. The predicted octanol–water partition coefficient (Wildman–Crippen LogP) is 3.12. The Labute approximate surface area is 147 Å². The highest BCUT2D eigenvalue weighted by Gasteiger charge is 2.33. The number of halogens is 3. The number of alkyl halides is 3. The average Bonchev–Trinajstić information content (AvgIpc) is 2.54. The van der Waals surface area contributed by atoms with E-state index in [0.29, 0.717) is 18.8 Å². The summed E-state index contributed by atoms with van der Waals surface area (Å²) < 4.78 is 39.1. The van der Waals surface area contributed by atoms with Crippen LogP contribution in [0, 0.1) is 10.1 Å². The summed E-state index contributed by atoms with van der Waals surface area (Å²) in [6, 6.07) is 6.02. The van der Waals surface area contributed by atoms with Crippen molar-refractivity contribution in [1.82, 2.24) is 14.9 Å². The highest BCUT2D eigenvalue weighted by molar-refractivity contribution is 5.59. The first-order valence-electron chi connectivity index (χ1n) is 7.51. The van der Waals surface area contributed by atoms with Gasteiger partial charge in [-0.05, 0) is 26.2 Å². The van der Waals surface area contributed by atoms with Gasteiger partial charge >= 0.3 is 6.18 Å². The molecule has 0 aliphatic carbocycles. The van der Waals surface area contributed by atoms with Crippen LogP contribution in [-0.4, -0.2) is 47.0 Å². The number of non-ortho nitro benzene ring substituents is 1. The topological polar surface area (TPSA) is 96.2 Å². The highest BCUT2D eigenvalue weighted by atomic mass is 19.4. The summed E-state index contributed by atoms with van der Waals surface area (Å²) in [5, 5.41) is 16.1. The van der Waals surface area contributed by atoms with E-state index in [-0.39, 0.29) is 17.5 Å². The fraction of sp³-hybridized carbons (Fsp3) is 0.333. The standard InChI is InChI=1S/C15H17F3N6O2/c1-23(2)8-7-19-14-21-12(15(16,17)18)9-13(22-14)20-10-3-5-11(6-4-10)24(25)26/h3-6,9H,7-8H2,1-2H3,(H2,19,20,21,22). The minimum Gasteiger partial charge on any atom is -0.353 e. The number of anilines is 3. The molecule has 1 heterocycles. The second-order valence-electron chi connectivity index (χ2n) is 5.62. The summed E-state index contributed by atoms with van der Waals surface area (Å²) >= 11 is 0. The van der Waals surface area contributed by atoms with Crippen LogP contribution in [0.5, 0.6) is 0 Å². The molecule has 0 unspecified atom stereocenters. The number of rotatable bonds is 7. The van der Waals surface area contributed by atoms with Gasteiger partial charge in [0, 0.05) is 37.0 Å². The number of benzene rings is 1. The fourth-order valence-electron chi connectivity index (χ4n) is 1.94. The Morgan fingerprint density at radius 2 is 1.85 bits per heavy atom. The van der Waals surface area contributed by atoms with Crippen molar-refractivity contribution in [3.05, 3.63) is 46.1 Å². The lowest BCUT2D eigenvalue weighted by atomic mass is 10.3. The number of likely N-dealkylation sites (N-methyl/N-ethyl adjacent to an activating group) is 1. The maximum absolute atomic E-state index is 13.0. The molecule has 0 aliphatic rings. The average molecular weight is 370 g/mol. The third kappa shape index (κ3) is 5.55. The Morgan fingerprint density at radius 1 is 1.19 bits per heavy atom. The lowest BCUT2D eigenvalue weighted by Crippen LogP contribution is -2.22. The number of nitrogens with one attached hydrogen (secondary N) is 2. The van der Waals surface area contributed by atoms with Crippen molar-refractivity contribution >= 4 is 23.1 Å². The van der Waals surface area contributed by atoms with Gasteiger partial charge in [0.25, 0.3) is 5.69 Å². The quantitative estimate of drug-likeness (QED) is 0.571. The van der Waals surface area contributed by atoms with Gasteiger partial charge < -0.3 is 15.5 Å². The minimum atomic E-state index is -4.63. The van der Waals surface area contributed by atoms with Gasteiger partial charge in [0.15, 0.2) is 5.69 Å². The molecule has 0 spiro atoms. The van der Waals surface area contributed by atoms with Crippen molar-refractivity contribution in [2.45, 2.75) is 6.18 Å². The summed E-state index contributed by atoms with van der Waals surface area (Å²) in [5.74, 6) is -0.236. The summed E-state index contributed by atoms with van der Waals surface area (Å²) in [5.41, 5.74) is -0.855. The van der Waals surface area contributed by atoms with Crippen LogP contribution in [0.15, 0.2) is 30.3 Å². The van der Waals surface area contributed by atoms with Crippen LogP contribution in [-0.2, 0) is 6.18 Å². The van der Waals surface area contributed by atoms with Gasteiger partial charge in [-0.3, -0.25) is 10.1 Å². The Morgan fingerprint density at radius 3 is 2.38 bits per heavy atom. The predicted molar refractivity (Wildman–Crippen MR) is 90.5 cm³/mol. The molecule has 0 radical (unpaired) electrons. The van der Waals surface area contributed by atoms with Crippen LogP contribution in [0.25, 0.3) is 0 Å². The number of nitro groups is 1. The van der Waals surface area contributed by atoms with Crippen molar-refractivity contribution in [2.24, 2.45) is 0 Å². The number of nitrogens with zero attached hydrogens (tertiary/aromatic N) is 4.